The highest BCUT2D eigenvalue weighted by Crippen LogP contribution is 2.11. The van der Waals surface area contributed by atoms with Crippen LogP contribution in [0, 0.1) is 0 Å². The van der Waals surface area contributed by atoms with E-state index >= 15 is 0 Å². The number of carbonyl (C=O) groups excluding carboxylic acids is 1. The van der Waals surface area contributed by atoms with Gasteiger partial charge in [-0.2, -0.15) is 0 Å². The topological polar surface area (TPSA) is 29.1 Å². The molecule has 0 heterocycles. The first-order chi connectivity index (χ1) is 10.3. The smallest absolute Gasteiger partial charge is 0.251 e. The summed E-state index contributed by atoms with van der Waals surface area (Å²) in [4.78, 5) is 11.4. The van der Waals surface area contributed by atoms with E-state index in [9.17, 15) is 4.79 Å². The van der Waals surface area contributed by atoms with Gasteiger partial charge in [0.25, 0.3) is 5.91 Å². The van der Waals surface area contributed by atoms with Gasteiger partial charge in [0.1, 0.15) is 0 Å². The molecular formula is C19H23NO. The van der Waals surface area contributed by atoms with Gasteiger partial charge in [-0.25, -0.2) is 0 Å². The molecule has 110 valence electrons. The quantitative estimate of drug-likeness (QED) is 0.764. The van der Waals surface area contributed by atoms with E-state index in [-0.39, 0.29) is 5.91 Å². The largest absolute Gasteiger partial charge is 0.355 e. The molecule has 0 unspecified atom stereocenters. The Bertz CT molecular complexity index is 546. The molecule has 0 aliphatic rings. The van der Waals surface area contributed by atoms with E-state index in [1.54, 1.807) is 7.05 Å². The van der Waals surface area contributed by atoms with E-state index in [0.29, 0.717) is 0 Å². The molecule has 2 aromatic rings. The van der Waals surface area contributed by atoms with E-state index in [4.69, 9.17) is 0 Å². The van der Waals surface area contributed by atoms with Crippen LogP contribution in [0.25, 0.3) is 0 Å². The highest BCUT2D eigenvalue weighted by atomic mass is 16.1. The molecule has 0 spiro atoms. The first kappa shape index (κ1) is 15.3. The minimum absolute atomic E-state index is 0.0237. The molecule has 0 aliphatic carbocycles. The fourth-order valence-electron chi connectivity index (χ4n) is 2.45. The van der Waals surface area contributed by atoms with Crippen LogP contribution >= 0.6 is 0 Å². The lowest BCUT2D eigenvalue weighted by atomic mass is 10.0. The maximum atomic E-state index is 11.4. The van der Waals surface area contributed by atoms with Gasteiger partial charge < -0.3 is 5.32 Å². The first-order valence-electron chi connectivity index (χ1n) is 7.64. The van der Waals surface area contributed by atoms with Crippen LogP contribution in [0.1, 0.15) is 40.7 Å². The van der Waals surface area contributed by atoms with Gasteiger partial charge >= 0.3 is 0 Å². The number of aryl methyl sites for hydroxylation is 2. The average Bonchev–Trinajstić information content (AvgIpc) is 2.55. The second-order valence-corrected chi connectivity index (χ2v) is 5.32. The van der Waals surface area contributed by atoms with Gasteiger partial charge in [-0.05, 0) is 48.9 Å². The third kappa shape index (κ3) is 5.07. The first-order valence-corrected chi connectivity index (χ1v) is 7.64. The average molecular weight is 281 g/mol. The summed E-state index contributed by atoms with van der Waals surface area (Å²) in [5, 5.41) is 2.64. The second kappa shape index (κ2) is 8.25. The van der Waals surface area contributed by atoms with Gasteiger partial charge in [0.15, 0.2) is 0 Å². The Hall–Kier alpha value is -2.09. The molecule has 0 aliphatic heterocycles. The Morgan fingerprint density at radius 3 is 1.95 bits per heavy atom. The fourth-order valence-corrected chi connectivity index (χ4v) is 2.45. The summed E-state index contributed by atoms with van der Waals surface area (Å²) in [6.07, 6.45) is 5.93. The molecule has 0 atom stereocenters. The number of amides is 1. The molecule has 0 bridgehead atoms. The van der Waals surface area contributed by atoms with Crippen LogP contribution < -0.4 is 5.32 Å². The van der Waals surface area contributed by atoms with Crippen LogP contribution in [0.5, 0.6) is 0 Å². The zero-order chi connectivity index (χ0) is 14.9. The van der Waals surface area contributed by atoms with Crippen molar-refractivity contribution in [3.8, 4) is 0 Å². The lowest BCUT2D eigenvalue weighted by Crippen LogP contribution is -2.17. The predicted molar refractivity (Wildman–Crippen MR) is 87.5 cm³/mol. The number of hydrogen-bond donors (Lipinski definition) is 1. The van der Waals surface area contributed by atoms with Crippen molar-refractivity contribution in [2.45, 2.75) is 32.1 Å². The molecule has 0 saturated carbocycles. The molecule has 0 fully saturated rings. The predicted octanol–water partition coefficient (Wildman–Crippen LogP) is 4.00. The molecule has 0 saturated heterocycles. The summed E-state index contributed by atoms with van der Waals surface area (Å²) < 4.78 is 0. The van der Waals surface area contributed by atoms with Crippen LogP contribution in [0.15, 0.2) is 54.6 Å². The van der Waals surface area contributed by atoms with Crippen LogP contribution in [0.3, 0.4) is 0 Å². The summed E-state index contributed by atoms with van der Waals surface area (Å²) in [7, 11) is 1.66. The third-order valence-corrected chi connectivity index (χ3v) is 3.72. The van der Waals surface area contributed by atoms with Gasteiger partial charge in [-0.1, -0.05) is 48.9 Å². The summed E-state index contributed by atoms with van der Waals surface area (Å²) in [5.41, 5.74) is 3.46. The SMILES string of the molecule is CNC(=O)c1ccc(CCCCCc2ccccc2)cc1. The van der Waals surface area contributed by atoms with E-state index in [2.05, 4.69) is 47.8 Å². The maximum absolute atomic E-state index is 11.4. The second-order valence-electron chi connectivity index (χ2n) is 5.32. The van der Waals surface area contributed by atoms with E-state index in [1.165, 1.54) is 30.4 Å². The van der Waals surface area contributed by atoms with Gasteiger partial charge in [0.05, 0.1) is 0 Å². The molecule has 1 amide bonds. The van der Waals surface area contributed by atoms with E-state index < -0.39 is 0 Å². The van der Waals surface area contributed by atoms with Gasteiger partial charge in [0, 0.05) is 12.6 Å². The zero-order valence-electron chi connectivity index (χ0n) is 12.6. The van der Waals surface area contributed by atoms with Crippen molar-refractivity contribution in [3.63, 3.8) is 0 Å². The number of nitrogens with one attached hydrogen (secondary N) is 1. The van der Waals surface area contributed by atoms with Crippen molar-refractivity contribution in [2.24, 2.45) is 0 Å². The van der Waals surface area contributed by atoms with E-state index in [1.807, 2.05) is 12.1 Å². The van der Waals surface area contributed by atoms with Crippen molar-refractivity contribution in [1.82, 2.24) is 5.32 Å². The molecule has 21 heavy (non-hydrogen) atoms. The Labute approximate surface area is 127 Å². The molecule has 1 N–H and O–H groups in total. The number of benzene rings is 2. The minimum Gasteiger partial charge on any atom is -0.355 e. The minimum atomic E-state index is -0.0237. The summed E-state index contributed by atoms with van der Waals surface area (Å²) in [6, 6.07) is 18.6. The highest BCUT2D eigenvalue weighted by Gasteiger charge is 2.02. The Balaban J connectivity index is 1.68. The molecule has 2 aromatic carbocycles. The molecule has 2 nitrogen and oxygen atoms in total. The van der Waals surface area contributed by atoms with E-state index in [0.717, 1.165) is 18.4 Å². The summed E-state index contributed by atoms with van der Waals surface area (Å²) >= 11 is 0. The molecule has 2 rings (SSSR count). The van der Waals surface area contributed by atoms with Crippen molar-refractivity contribution >= 4 is 5.91 Å². The molecule has 0 aromatic heterocycles. The van der Waals surface area contributed by atoms with Crippen molar-refractivity contribution in [3.05, 3.63) is 71.3 Å². The summed E-state index contributed by atoms with van der Waals surface area (Å²) in [6.45, 7) is 0. The van der Waals surface area contributed by atoms with Crippen molar-refractivity contribution < 1.29 is 4.79 Å². The maximum Gasteiger partial charge on any atom is 0.251 e. The van der Waals surface area contributed by atoms with Crippen molar-refractivity contribution in [1.29, 1.82) is 0 Å². The monoisotopic (exact) mass is 281 g/mol. The Morgan fingerprint density at radius 1 is 0.810 bits per heavy atom. The summed E-state index contributed by atoms with van der Waals surface area (Å²) in [5.74, 6) is -0.0237. The molecule has 2 heteroatoms. The lowest BCUT2D eigenvalue weighted by molar-refractivity contribution is 0.0963. The van der Waals surface area contributed by atoms with Crippen LogP contribution in [0.4, 0.5) is 0 Å². The van der Waals surface area contributed by atoms with Gasteiger partial charge in [-0.3, -0.25) is 4.79 Å². The van der Waals surface area contributed by atoms with Crippen LogP contribution in [-0.2, 0) is 12.8 Å². The number of carbonyl (C=O) groups is 1. The van der Waals surface area contributed by atoms with Gasteiger partial charge in [-0.15, -0.1) is 0 Å². The molecule has 0 radical (unpaired) electrons. The Kier molecular flexibility index (Phi) is 6.01. The highest BCUT2D eigenvalue weighted by molar-refractivity contribution is 5.93. The fraction of sp³-hybridized carbons (Fsp3) is 0.316. The zero-order valence-corrected chi connectivity index (χ0v) is 12.6. The number of hydrogen-bond acceptors (Lipinski definition) is 1. The Morgan fingerprint density at radius 2 is 1.38 bits per heavy atom. The van der Waals surface area contributed by atoms with Crippen LogP contribution in [0.2, 0.25) is 0 Å². The lowest BCUT2D eigenvalue weighted by Gasteiger charge is -2.04. The number of rotatable bonds is 7. The number of unbranched alkanes of at least 4 members (excludes halogenated alkanes) is 2. The third-order valence-electron chi connectivity index (χ3n) is 3.72. The molecular weight excluding hydrogens is 258 g/mol. The van der Waals surface area contributed by atoms with Crippen molar-refractivity contribution in [2.75, 3.05) is 7.05 Å². The van der Waals surface area contributed by atoms with Gasteiger partial charge in [0.2, 0.25) is 0 Å². The standard InChI is InChI=1S/C19H23NO/c1-20-19(21)18-14-12-17(13-15-18)11-7-3-6-10-16-8-4-2-5-9-16/h2,4-5,8-9,12-15H,3,6-7,10-11H2,1H3,(H,20,21). The normalized spacial score (nSPS) is 10.3. The van der Waals surface area contributed by atoms with Crippen LogP contribution in [-0.4, -0.2) is 13.0 Å².